The van der Waals surface area contributed by atoms with E-state index in [0.29, 0.717) is 0 Å². The zero-order chi connectivity index (χ0) is 9.61. The second-order valence-electron chi connectivity index (χ2n) is 4.24. The molecule has 0 heterocycles. The second-order valence-corrected chi connectivity index (χ2v) is 4.24. The summed E-state index contributed by atoms with van der Waals surface area (Å²) in [5.74, 6) is 0.746. The van der Waals surface area contributed by atoms with Gasteiger partial charge in [-0.25, -0.2) is 0 Å². The number of nitrogens with zero attached hydrogens (tertiary/aromatic N) is 1. The molecular formula is C11H21N. The molecule has 0 atom stereocenters. The summed E-state index contributed by atoms with van der Waals surface area (Å²) in [6, 6.07) is 0. The molecule has 0 rings (SSSR count). The third kappa shape index (κ3) is 6.14. The van der Waals surface area contributed by atoms with Gasteiger partial charge in [-0.3, -0.25) is 4.99 Å². The van der Waals surface area contributed by atoms with Crippen LogP contribution in [0.2, 0.25) is 0 Å². The molecule has 0 N–H and O–H groups in total. The van der Waals surface area contributed by atoms with Crippen LogP contribution in [-0.4, -0.2) is 13.3 Å². The van der Waals surface area contributed by atoms with E-state index < -0.39 is 0 Å². The minimum absolute atomic E-state index is 0.115. The van der Waals surface area contributed by atoms with Crippen LogP contribution in [0.25, 0.3) is 0 Å². The molecule has 0 aromatic heterocycles. The fourth-order valence-electron chi connectivity index (χ4n) is 1.02. The molecule has 0 bridgehead atoms. The van der Waals surface area contributed by atoms with Gasteiger partial charge in [-0.2, -0.15) is 0 Å². The van der Waals surface area contributed by atoms with Gasteiger partial charge in [0.2, 0.25) is 0 Å². The predicted molar refractivity (Wildman–Crippen MR) is 56.8 cm³/mol. The monoisotopic (exact) mass is 167 g/mol. The van der Waals surface area contributed by atoms with E-state index in [2.05, 4.69) is 44.8 Å². The molecule has 0 fully saturated rings. The maximum atomic E-state index is 4.03. The Bertz CT molecular complexity index is 164. The molecule has 0 unspecified atom stereocenters. The van der Waals surface area contributed by atoms with Crippen molar-refractivity contribution in [2.75, 3.05) is 7.05 Å². The zero-order valence-corrected chi connectivity index (χ0v) is 8.96. The van der Waals surface area contributed by atoms with E-state index in [1.807, 2.05) is 13.3 Å². The quantitative estimate of drug-likeness (QED) is 0.450. The zero-order valence-electron chi connectivity index (χ0n) is 8.96. The van der Waals surface area contributed by atoms with Gasteiger partial charge >= 0.3 is 0 Å². The van der Waals surface area contributed by atoms with Crippen LogP contribution in [0.1, 0.15) is 34.1 Å². The standard InChI is InChI=1S/C11H21N/c1-10(2)7-6-8-11(3,4)9-12-5/h6,8-10H,7H2,1-5H3/b8-6-,12-9-. The Morgan fingerprint density at radius 2 is 1.92 bits per heavy atom. The molecule has 1 heteroatoms. The van der Waals surface area contributed by atoms with Crippen molar-refractivity contribution >= 4 is 6.21 Å². The van der Waals surface area contributed by atoms with Gasteiger partial charge in [-0.1, -0.05) is 39.8 Å². The summed E-state index contributed by atoms with van der Waals surface area (Å²) < 4.78 is 0. The van der Waals surface area contributed by atoms with Crippen molar-refractivity contribution in [3.63, 3.8) is 0 Å². The fraction of sp³-hybridized carbons (Fsp3) is 0.727. The van der Waals surface area contributed by atoms with Crippen LogP contribution in [0.4, 0.5) is 0 Å². The largest absolute Gasteiger partial charge is 0.300 e. The molecule has 0 saturated heterocycles. The Kier molecular flexibility index (Phi) is 4.87. The van der Waals surface area contributed by atoms with E-state index in [-0.39, 0.29) is 5.41 Å². The van der Waals surface area contributed by atoms with Crippen molar-refractivity contribution in [3.8, 4) is 0 Å². The van der Waals surface area contributed by atoms with Gasteiger partial charge in [0.15, 0.2) is 0 Å². The van der Waals surface area contributed by atoms with Crippen LogP contribution in [-0.2, 0) is 0 Å². The van der Waals surface area contributed by atoms with Crippen LogP contribution in [0.15, 0.2) is 17.1 Å². The Hall–Kier alpha value is -0.590. The molecule has 0 aliphatic rings. The van der Waals surface area contributed by atoms with Gasteiger partial charge < -0.3 is 0 Å². The number of aliphatic imine (C=N–C) groups is 1. The molecule has 12 heavy (non-hydrogen) atoms. The summed E-state index contributed by atoms with van der Waals surface area (Å²) in [4.78, 5) is 4.03. The molecule has 0 aliphatic heterocycles. The third-order valence-electron chi connectivity index (χ3n) is 1.62. The van der Waals surface area contributed by atoms with Crippen LogP contribution in [0, 0.1) is 11.3 Å². The molecule has 0 saturated carbocycles. The minimum atomic E-state index is 0.115. The van der Waals surface area contributed by atoms with Gasteiger partial charge in [0.05, 0.1) is 0 Å². The van der Waals surface area contributed by atoms with Crippen LogP contribution < -0.4 is 0 Å². The number of rotatable bonds is 4. The Labute approximate surface area is 76.6 Å². The normalized spacial score (nSPS) is 13.8. The van der Waals surface area contributed by atoms with Crippen molar-refractivity contribution in [1.29, 1.82) is 0 Å². The SMILES string of the molecule is C/N=C\C(C)(C)/C=C\CC(C)C. The first kappa shape index (κ1) is 11.4. The van der Waals surface area contributed by atoms with Gasteiger partial charge in [0.25, 0.3) is 0 Å². The average molecular weight is 167 g/mol. The topological polar surface area (TPSA) is 12.4 Å². The van der Waals surface area contributed by atoms with E-state index in [1.54, 1.807) is 0 Å². The molecule has 0 aliphatic carbocycles. The van der Waals surface area contributed by atoms with Crippen molar-refractivity contribution in [3.05, 3.63) is 12.2 Å². The molecule has 0 spiro atoms. The van der Waals surface area contributed by atoms with Crippen LogP contribution >= 0.6 is 0 Å². The fourth-order valence-corrected chi connectivity index (χ4v) is 1.02. The van der Waals surface area contributed by atoms with Crippen LogP contribution in [0.5, 0.6) is 0 Å². The Morgan fingerprint density at radius 3 is 2.33 bits per heavy atom. The first-order valence-electron chi connectivity index (χ1n) is 4.59. The smallest absolute Gasteiger partial charge is 0.0273 e. The lowest BCUT2D eigenvalue weighted by Crippen LogP contribution is -2.08. The summed E-state index contributed by atoms with van der Waals surface area (Å²) in [6.07, 6.45) is 7.59. The Balaban J connectivity index is 3.96. The summed E-state index contributed by atoms with van der Waals surface area (Å²) in [5.41, 5.74) is 0.115. The number of allylic oxidation sites excluding steroid dienone is 2. The molecule has 0 amide bonds. The molecule has 0 aromatic carbocycles. The first-order valence-corrected chi connectivity index (χ1v) is 4.59. The summed E-state index contributed by atoms with van der Waals surface area (Å²) in [5, 5.41) is 0. The lowest BCUT2D eigenvalue weighted by Gasteiger charge is -2.12. The lowest BCUT2D eigenvalue weighted by molar-refractivity contribution is 0.644. The number of hydrogen-bond acceptors (Lipinski definition) is 1. The molecule has 1 nitrogen and oxygen atoms in total. The van der Waals surface area contributed by atoms with Gasteiger partial charge in [-0.15, -0.1) is 0 Å². The molecule has 70 valence electrons. The first-order chi connectivity index (χ1) is 5.48. The van der Waals surface area contributed by atoms with E-state index >= 15 is 0 Å². The second kappa shape index (κ2) is 5.13. The van der Waals surface area contributed by atoms with E-state index in [0.717, 1.165) is 12.3 Å². The van der Waals surface area contributed by atoms with E-state index in [9.17, 15) is 0 Å². The summed E-state index contributed by atoms with van der Waals surface area (Å²) in [6.45, 7) is 8.78. The summed E-state index contributed by atoms with van der Waals surface area (Å²) >= 11 is 0. The highest BCUT2D eigenvalue weighted by atomic mass is 14.6. The van der Waals surface area contributed by atoms with Gasteiger partial charge in [-0.05, 0) is 12.3 Å². The summed E-state index contributed by atoms with van der Waals surface area (Å²) in [7, 11) is 1.82. The minimum Gasteiger partial charge on any atom is -0.300 e. The van der Waals surface area contributed by atoms with E-state index in [4.69, 9.17) is 0 Å². The van der Waals surface area contributed by atoms with Crippen LogP contribution in [0.3, 0.4) is 0 Å². The van der Waals surface area contributed by atoms with Crippen molar-refractivity contribution in [2.45, 2.75) is 34.1 Å². The predicted octanol–water partition coefficient (Wildman–Crippen LogP) is 3.32. The van der Waals surface area contributed by atoms with Crippen molar-refractivity contribution in [1.82, 2.24) is 0 Å². The van der Waals surface area contributed by atoms with Crippen molar-refractivity contribution in [2.24, 2.45) is 16.3 Å². The highest BCUT2D eigenvalue weighted by Crippen LogP contribution is 2.14. The van der Waals surface area contributed by atoms with Gasteiger partial charge in [0.1, 0.15) is 0 Å². The average Bonchev–Trinajstić information content (AvgIpc) is 1.85. The Morgan fingerprint density at radius 1 is 1.33 bits per heavy atom. The van der Waals surface area contributed by atoms with Gasteiger partial charge in [0, 0.05) is 18.7 Å². The number of hydrogen-bond donors (Lipinski definition) is 0. The third-order valence-corrected chi connectivity index (χ3v) is 1.62. The van der Waals surface area contributed by atoms with Crippen molar-refractivity contribution < 1.29 is 0 Å². The lowest BCUT2D eigenvalue weighted by atomic mass is 9.94. The maximum absolute atomic E-state index is 4.03. The molecule has 0 aromatic rings. The maximum Gasteiger partial charge on any atom is 0.0273 e. The molecule has 0 radical (unpaired) electrons. The van der Waals surface area contributed by atoms with E-state index in [1.165, 1.54) is 0 Å². The molecular weight excluding hydrogens is 146 g/mol. The highest BCUT2D eigenvalue weighted by molar-refractivity contribution is 5.67. The highest BCUT2D eigenvalue weighted by Gasteiger charge is 2.08.